The molecule has 1 saturated carbocycles. The van der Waals surface area contributed by atoms with Crippen LogP contribution in [0.1, 0.15) is 12.8 Å². The quantitative estimate of drug-likeness (QED) is 0.534. The van der Waals surface area contributed by atoms with E-state index in [4.69, 9.17) is 0 Å². The van der Waals surface area contributed by atoms with E-state index >= 15 is 0 Å². The van der Waals surface area contributed by atoms with Crippen LogP contribution < -0.4 is 5.32 Å². The minimum Gasteiger partial charge on any atom is -0.339 e. The normalized spacial score (nSPS) is 21.5. The van der Waals surface area contributed by atoms with E-state index in [1.54, 1.807) is 6.08 Å². The van der Waals surface area contributed by atoms with Crippen molar-refractivity contribution in [1.29, 1.82) is 0 Å². The summed E-state index contributed by atoms with van der Waals surface area (Å²) in [5.74, 6) is 1.17. The van der Waals surface area contributed by atoms with Crippen molar-refractivity contribution in [2.24, 2.45) is 5.92 Å². The molecule has 2 aliphatic rings. The Labute approximate surface area is 104 Å². The van der Waals surface area contributed by atoms with Gasteiger partial charge in [0.1, 0.15) is 0 Å². The van der Waals surface area contributed by atoms with Crippen LogP contribution in [0.15, 0.2) is 12.7 Å². The van der Waals surface area contributed by atoms with Gasteiger partial charge in [0, 0.05) is 39.3 Å². The van der Waals surface area contributed by atoms with Crippen LogP contribution in [0.25, 0.3) is 0 Å². The number of hydrogen-bond donors (Lipinski definition) is 1. The second kappa shape index (κ2) is 6.17. The van der Waals surface area contributed by atoms with Crippen LogP contribution in [0.4, 0.5) is 0 Å². The van der Waals surface area contributed by atoms with Crippen LogP contribution in [0.3, 0.4) is 0 Å². The third-order valence-electron chi connectivity index (χ3n) is 3.50. The fraction of sp³-hybridized carbons (Fsp3) is 0.769. The van der Waals surface area contributed by atoms with Crippen molar-refractivity contribution in [3.8, 4) is 0 Å². The lowest BCUT2D eigenvalue weighted by Crippen LogP contribution is -2.51. The molecule has 96 valence electrons. The third-order valence-corrected chi connectivity index (χ3v) is 3.50. The van der Waals surface area contributed by atoms with E-state index in [1.165, 1.54) is 19.4 Å². The fourth-order valence-electron chi connectivity index (χ4n) is 2.24. The molecule has 1 aliphatic heterocycles. The van der Waals surface area contributed by atoms with Gasteiger partial charge >= 0.3 is 0 Å². The highest BCUT2D eigenvalue weighted by molar-refractivity contribution is 5.78. The van der Waals surface area contributed by atoms with Gasteiger partial charge in [0.15, 0.2) is 0 Å². The number of piperazine rings is 1. The van der Waals surface area contributed by atoms with Crippen molar-refractivity contribution in [2.45, 2.75) is 12.8 Å². The number of amides is 1. The van der Waals surface area contributed by atoms with Crippen molar-refractivity contribution >= 4 is 5.91 Å². The number of hydrogen-bond acceptors (Lipinski definition) is 3. The van der Waals surface area contributed by atoms with Crippen molar-refractivity contribution in [3.05, 3.63) is 12.7 Å². The number of carbonyl (C=O) groups excluding carboxylic acids is 1. The van der Waals surface area contributed by atoms with Gasteiger partial charge in [0.2, 0.25) is 5.91 Å². The largest absolute Gasteiger partial charge is 0.339 e. The van der Waals surface area contributed by atoms with Crippen LogP contribution >= 0.6 is 0 Å². The predicted molar refractivity (Wildman–Crippen MR) is 68.8 cm³/mol. The lowest BCUT2D eigenvalue weighted by atomic mass is 10.2. The molecule has 0 spiro atoms. The highest BCUT2D eigenvalue weighted by Gasteiger charge is 2.27. The molecule has 0 radical (unpaired) electrons. The maximum atomic E-state index is 11.8. The van der Waals surface area contributed by atoms with Crippen molar-refractivity contribution in [1.82, 2.24) is 15.1 Å². The molecule has 4 nitrogen and oxygen atoms in total. The van der Waals surface area contributed by atoms with Crippen LogP contribution in [-0.4, -0.2) is 61.5 Å². The molecule has 0 aromatic carbocycles. The molecule has 0 atom stereocenters. The summed E-state index contributed by atoms with van der Waals surface area (Å²) < 4.78 is 0. The minimum absolute atomic E-state index is 0.220. The first kappa shape index (κ1) is 12.6. The van der Waals surface area contributed by atoms with E-state index < -0.39 is 0 Å². The maximum absolute atomic E-state index is 11.8. The zero-order chi connectivity index (χ0) is 12.1. The van der Waals surface area contributed by atoms with E-state index in [-0.39, 0.29) is 5.91 Å². The smallest absolute Gasteiger partial charge is 0.236 e. The first-order valence-electron chi connectivity index (χ1n) is 6.61. The highest BCUT2D eigenvalue weighted by atomic mass is 16.2. The minimum atomic E-state index is 0.220. The van der Waals surface area contributed by atoms with Gasteiger partial charge in [-0.3, -0.25) is 9.69 Å². The Bertz CT molecular complexity index is 268. The summed E-state index contributed by atoms with van der Waals surface area (Å²) in [6.45, 7) is 9.88. The van der Waals surface area contributed by atoms with Crippen LogP contribution in [-0.2, 0) is 4.79 Å². The van der Waals surface area contributed by atoms with E-state index in [0.717, 1.165) is 32.1 Å². The lowest BCUT2D eigenvalue weighted by Gasteiger charge is -2.34. The van der Waals surface area contributed by atoms with Gasteiger partial charge in [-0.15, -0.1) is 6.58 Å². The monoisotopic (exact) mass is 237 g/mol. The molecule has 0 aromatic heterocycles. The molecule has 0 unspecified atom stereocenters. The van der Waals surface area contributed by atoms with Gasteiger partial charge in [-0.1, -0.05) is 6.08 Å². The summed E-state index contributed by atoms with van der Waals surface area (Å²) in [7, 11) is 0. The molecule has 1 aliphatic carbocycles. The highest BCUT2D eigenvalue weighted by Crippen LogP contribution is 2.29. The van der Waals surface area contributed by atoms with Crippen LogP contribution in [0.5, 0.6) is 0 Å². The van der Waals surface area contributed by atoms with Gasteiger partial charge in [-0.2, -0.15) is 0 Å². The topological polar surface area (TPSA) is 35.6 Å². The van der Waals surface area contributed by atoms with Crippen LogP contribution in [0.2, 0.25) is 0 Å². The van der Waals surface area contributed by atoms with E-state index in [1.807, 2.05) is 4.90 Å². The molecule has 2 rings (SSSR count). The maximum Gasteiger partial charge on any atom is 0.236 e. The molecular weight excluding hydrogens is 214 g/mol. The molecule has 4 heteroatoms. The van der Waals surface area contributed by atoms with E-state index in [0.29, 0.717) is 13.1 Å². The second-order valence-corrected chi connectivity index (χ2v) is 5.04. The third kappa shape index (κ3) is 4.13. The van der Waals surface area contributed by atoms with Gasteiger partial charge in [-0.05, 0) is 18.8 Å². The number of nitrogens with one attached hydrogen (secondary N) is 1. The lowest BCUT2D eigenvalue weighted by molar-refractivity contribution is -0.131. The number of rotatable bonds is 6. The van der Waals surface area contributed by atoms with E-state index in [9.17, 15) is 4.79 Å². The zero-order valence-corrected chi connectivity index (χ0v) is 10.5. The molecular formula is C13H23N3O. The average molecular weight is 237 g/mol. The van der Waals surface area contributed by atoms with Crippen molar-refractivity contribution < 1.29 is 4.79 Å². The second-order valence-electron chi connectivity index (χ2n) is 5.04. The Hall–Kier alpha value is -0.870. The molecule has 1 saturated heterocycles. The Morgan fingerprint density at radius 2 is 2.00 bits per heavy atom. The summed E-state index contributed by atoms with van der Waals surface area (Å²) >= 11 is 0. The molecule has 0 aromatic rings. The Morgan fingerprint density at radius 1 is 1.29 bits per heavy atom. The van der Waals surface area contributed by atoms with Gasteiger partial charge < -0.3 is 10.2 Å². The first-order chi connectivity index (χ1) is 8.29. The van der Waals surface area contributed by atoms with E-state index in [2.05, 4.69) is 16.8 Å². The SMILES string of the molecule is C=CCNCC(=O)N1CCN(CC2CC2)CC1. The molecule has 2 fully saturated rings. The predicted octanol–water partition coefficient (Wildman–Crippen LogP) is 0.316. The first-order valence-corrected chi connectivity index (χ1v) is 6.61. The zero-order valence-electron chi connectivity index (χ0n) is 10.5. The molecule has 0 bridgehead atoms. The van der Waals surface area contributed by atoms with Crippen molar-refractivity contribution in [3.63, 3.8) is 0 Å². The molecule has 1 heterocycles. The average Bonchev–Trinajstić information content (AvgIpc) is 3.14. The van der Waals surface area contributed by atoms with Gasteiger partial charge in [-0.25, -0.2) is 0 Å². The fourth-order valence-corrected chi connectivity index (χ4v) is 2.24. The summed E-state index contributed by atoms with van der Waals surface area (Å²) in [6, 6.07) is 0. The summed E-state index contributed by atoms with van der Waals surface area (Å²) in [6.07, 6.45) is 4.59. The summed E-state index contributed by atoms with van der Waals surface area (Å²) in [5, 5.41) is 3.06. The Kier molecular flexibility index (Phi) is 4.57. The molecule has 17 heavy (non-hydrogen) atoms. The summed E-state index contributed by atoms with van der Waals surface area (Å²) in [4.78, 5) is 16.3. The molecule has 1 amide bonds. The standard InChI is InChI=1S/C13H23N3O/c1-2-5-14-10-13(17)16-8-6-15(7-9-16)11-12-3-4-12/h2,12,14H,1,3-11H2. The Morgan fingerprint density at radius 3 is 2.59 bits per heavy atom. The summed E-state index contributed by atoms with van der Waals surface area (Å²) in [5.41, 5.74) is 0. The Balaban J connectivity index is 1.63. The molecule has 1 N–H and O–H groups in total. The number of nitrogens with zero attached hydrogens (tertiary/aromatic N) is 2. The number of carbonyl (C=O) groups is 1. The van der Waals surface area contributed by atoms with Crippen molar-refractivity contribution in [2.75, 3.05) is 45.8 Å². The van der Waals surface area contributed by atoms with Gasteiger partial charge in [0.05, 0.1) is 6.54 Å². The van der Waals surface area contributed by atoms with Gasteiger partial charge in [0.25, 0.3) is 0 Å². The van der Waals surface area contributed by atoms with Crippen LogP contribution in [0, 0.1) is 5.92 Å².